The SMILES string of the molecule is NC(=O)CC[C@H](NC(=O)[C@H](Cc1ccccc1)NC(=O)[C@H](Cc1cccc2ccccc12)NC(=O)CCS)C(=O)N[C@@H](CC(N)=O)C(=O)N[C@@H](CS)C(=O)N1CCC[C@H]1C(=O)N[C@@H](CCCN=C(N)N)C(=O)NCC(N)=O. The molecule has 0 saturated carbocycles. The van der Waals surface area contributed by atoms with E-state index < -0.39 is 133 Å². The number of guanidine groups is 1. The molecule has 11 amide bonds. The van der Waals surface area contributed by atoms with Crippen LogP contribution in [-0.2, 0) is 65.6 Å². The molecule has 17 N–H and O–H groups in total. The van der Waals surface area contributed by atoms with Gasteiger partial charge in [-0.1, -0.05) is 72.8 Å². The van der Waals surface area contributed by atoms with Gasteiger partial charge in [0.2, 0.25) is 65.0 Å². The molecule has 0 spiro atoms. The lowest BCUT2D eigenvalue weighted by atomic mass is 9.97. The third-order valence-electron chi connectivity index (χ3n) is 12.2. The molecule has 3 aromatic rings. The molecule has 27 heteroatoms. The van der Waals surface area contributed by atoms with Crippen LogP contribution in [0.15, 0.2) is 77.8 Å². The summed E-state index contributed by atoms with van der Waals surface area (Å²) >= 11 is 8.42. The molecule has 0 aliphatic carbocycles. The number of nitrogens with two attached hydrogens (primary N) is 5. The van der Waals surface area contributed by atoms with Crippen molar-refractivity contribution in [2.75, 3.05) is 31.1 Å². The number of carbonyl (C=O) groups excluding carboxylic acids is 11. The molecule has 0 aromatic heterocycles. The molecule has 0 bridgehead atoms. The summed E-state index contributed by atoms with van der Waals surface area (Å²) in [5, 5.41) is 19.5. The first-order valence-corrected chi connectivity index (χ1v) is 26.0. The highest BCUT2D eigenvalue weighted by Crippen LogP contribution is 2.22. The van der Waals surface area contributed by atoms with E-state index in [0.717, 1.165) is 16.3 Å². The Morgan fingerprint density at radius 3 is 1.84 bits per heavy atom. The third kappa shape index (κ3) is 20.3. The van der Waals surface area contributed by atoms with Crippen molar-refractivity contribution in [1.29, 1.82) is 0 Å². The van der Waals surface area contributed by atoms with Crippen molar-refractivity contribution in [2.45, 2.75) is 107 Å². The molecule has 3 aromatic carbocycles. The molecule has 7 atom stereocenters. The minimum Gasteiger partial charge on any atom is -0.370 e. The third-order valence-corrected chi connectivity index (χ3v) is 12.8. The fraction of sp³-hybridized carbons (Fsp3) is 0.440. The first-order chi connectivity index (χ1) is 36.7. The largest absolute Gasteiger partial charge is 0.370 e. The molecule has 0 unspecified atom stereocenters. The summed E-state index contributed by atoms with van der Waals surface area (Å²) < 4.78 is 0. The van der Waals surface area contributed by atoms with Gasteiger partial charge in [0.25, 0.3) is 0 Å². The molecule has 1 aliphatic heterocycles. The van der Waals surface area contributed by atoms with E-state index in [9.17, 15) is 52.7 Å². The van der Waals surface area contributed by atoms with Crippen molar-refractivity contribution in [3.8, 4) is 0 Å². The Kier molecular flexibility index (Phi) is 25.0. The molecule has 1 saturated heterocycles. The predicted molar refractivity (Wildman–Crippen MR) is 291 cm³/mol. The Morgan fingerprint density at radius 2 is 1.19 bits per heavy atom. The monoisotopic (exact) mass is 1100 g/mol. The first kappa shape index (κ1) is 61.6. The molecule has 4 rings (SSSR count). The Labute approximate surface area is 455 Å². The summed E-state index contributed by atoms with van der Waals surface area (Å²) in [5.74, 6) is -9.65. The van der Waals surface area contributed by atoms with Gasteiger partial charge in [-0.25, -0.2) is 0 Å². The van der Waals surface area contributed by atoms with Crippen molar-refractivity contribution in [3.63, 3.8) is 0 Å². The van der Waals surface area contributed by atoms with Crippen LogP contribution in [0.2, 0.25) is 0 Å². The average molecular weight is 1110 g/mol. The summed E-state index contributed by atoms with van der Waals surface area (Å²) in [6.45, 7) is -0.358. The number of hydrogen-bond donors (Lipinski definition) is 14. The minimum atomic E-state index is -1.78. The topological polar surface area (TPSA) is 418 Å². The molecule has 77 heavy (non-hydrogen) atoms. The number of fused-ring (bicyclic) bond motifs is 1. The van der Waals surface area contributed by atoms with Gasteiger partial charge in [0, 0.05) is 44.5 Å². The summed E-state index contributed by atoms with van der Waals surface area (Å²) in [6.07, 6.45) is -1.05. The maximum Gasteiger partial charge on any atom is 0.246 e. The number of rotatable bonds is 31. The van der Waals surface area contributed by atoms with E-state index in [1.807, 2.05) is 42.5 Å². The summed E-state index contributed by atoms with van der Waals surface area (Å²) in [6, 6.07) is 11.8. The van der Waals surface area contributed by atoms with Crippen molar-refractivity contribution in [3.05, 3.63) is 83.9 Å². The molecule has 1 aliphatic rings. The van der Waals surface area contributed by atoms with Crippen LogP contribution in [-0.4, -0.2) is 149 Å². The van der Waals surface area contributed by atoms with Crippen molar-refractivity contribution in [2.24, 2.45) is 33.7 Å². The Bertz CT molecular complexity index is 2640. The molecule has 25 nitrogen and oxygen atoms in total. The zero-order valence-electron chi connectivity index (χ0n) is 42.2. The number of likely N-dealkylation sites (tertiary alicyclic amines) is 1. The zero-order valence-corrected chi connectivity index (χ0v) is 44.0. The summed E-state index contributed by atoms with van der Waals surface area (Å²) in [5.41, 5.74) is 28.3. The number of aliphatic imine (C=N–C) groups is 1. The van der Waals surface area contributed by atoms with Gasteiger partial charge in [0.1, 0.15) is 42.3 Å². The highest BCUT2D eigenvalue weighted by Gasteiger charge is 2.40. The van der Waals surface area contributed by atoms with Gasteiger partial charge >= 0.3 is 0 Å². The van der Waals surface area contributed by atoms with Crippen LogP contribution < -0.4 is 65.9 Å². The predicted octanol–water partition coefficient (Wildman–Crippen LogP) is -3.43. The van der Waals surface area contributed by atoms with Crippen molar-refractivity contribution < 1.29 is 52.7 Å². The van der Waals surface area contributed by atoms with Gasteiger partial charge in [-0.15, -0.1) is 0 Å². The number of amides is 11. The van der Waals surface area contributed by atoms with Gasteiger partial charge in [-0.3, -0.25) is 57.7 Å². The minimum absolute atomic E-state index is 0.0124. The number of benzene rings is 3. The number of nitrogens with one attached hydrogen (secondary N) is 7. The number of primary amides is 3. The Hall–Kier alpha value is -7.94. The average Bonchev–Trinajstić information content (AvgIpc) is 3.89. The summed E-state index contributed by atoms with van der Waals surface area (Å²) in [7, 11) is 0. The van der Waals surface area contributed by atoms with E-state index in [4.69, 9.17) is 28.7 Å². The van der Waals surface area contributed by atoms with Crippen molar-refractivity contribution in [1.82, 2.24) is 42.1 Å². The van der Waals surface area contributed by atoms with E-state index >= 15 is 0 Å². The van der Waals surface area contributed by atoms with Crippen LogP contribution in [0.1, 0.15) is 62.5 Å². The zero-order chi connectivity index (χ0) is 56.6. The van der Waals surface area contributed by atoms with Gasteiger partial charge in [-0.05, 0) is 59.8 Å². The molecule has 416 valence electrons. The number of hydrogen-bond acceptors (Lipinski definition) is 14. The second-order valence-corrected chi connectivity index (χ2v) is 18.9. The smallest absolute Gasteiger partial charge is 0.246 e. The Balaban J connectivity index is 1.55. The molecular formula is C50H68N14O11S2. The van der Waals surface area contributed by atoms with Crippen LogP contribution >= 0.6 is 25.3 Å². The normalized spacial score (nSPS) is 15.2. The lowest BCUT2D eigenvalue weighted by Crippen LogP contribution is -2.61. The highest BCUT2D eigenvalue weighted by molar-refractivity contribution is 7.80. The molecule has 1 heterocycles. The van der Waals surface area contributed by atoms with E-state index in [1.165, 1.54) is 4.90 Å². The second-order valence-electron chi connectivity index (χ2n) is 18.1. The van der Waals surface area contributed by atoms with Gasteiger partial charge in [-0.2, -0.15) is 25.3 Å². The number of nitrogens with zero attached hydrogens (tertiary/aromatic N) is 2. The van der Waals surface area contributed by atoms with Crippen LogP contribution in [0.25, 0.3) is 10.8 Å². The second kappa shape index (κ2) is 31.2. The fourth-order valence-corrected chi connectivity index (χ4v) is 8.86. The molecular weight excluding hydrogens is 1040 g/mol. The van der Waals surface area contributed by atoms with E-state index in [1.54, 1.807) is 30.3 Å². The van der Waals surface area contributed by atoms with Crippen LogP contribution in [0.4, 0.5) is 0 Å². The standard InChI is InChI=1S/C50H68N14O11S2/c51-39(65)18-17-33(59-45(71)34(23-28-9-2-1-3-10-28)61-46(72)35(58-42(68)19-22-76)24-30-13-6-12-29-11-4-5-14-31(29)30)44(70)62-36(25-40(52)66)47(73)63-37(27-77)49(75)64-21-8-16-38(64)48(74)60-32(15-7-20-56-50(54)55)43(69)57-26-41(53)67/h1-6,9-14,32-38,76-77H,7-8,15-27H2,(H2,51,65)(H2,52,66)(H2,53,67)(H,57,69)(H,58,68)(H,59,71)(H,60,74)(H,61,72)(H,62,70)(H,63,73)(H4,54,55,56)/t32-,33-,34-,35-,36-,37-,38-/m0/s1. The molecule has 0 radical (unpaired) electrons. The lowest BCUT2D eigenvalue weighted by molar-refractivity contribution is -0.142. The highest BCUT2D eigenvalue weighted by atomic mass is 32.1. The van der Waals surface area contributed by atoms with Crippen LogP contribution in [0.3, 0.4) is 0 Å². The van der Waals surface area contributed by atoms with E-state index in [2.05, 4.69) is 67.5 Å². The van der Waals surface area contributed by atoms with E-state index in [-0.39, 0.29) is 69.1 Å². The lowest BCUT2D eigenvalue weighted by Gasteiger charge is -2.30. The van der Waals surface area contributed by atoms with Gasteiger partial charge in [0.05, 0.1) is 13.0 Å². The van der Waals surface area contributed by atoms with Crippen molar-refractivity contribution >= 4 is 107 Å². The quantitative estimate of drug-likeness (QED) is 0.0129. The Morgan fingerprint density at radius 1 is 0.597 bits per heavy atom. The molecule has 1 fully saturated rings. The number of carbonyl (C=O) groups is 11. The summed E-state index contributed by atoms with van der Waals surface area (Å²) in [4.78, 5) is 152. The van der Waals surface area contributed by atoms with E-state index in [0.29, 0.717) is 12.0 Å². The van der Waals surface area contributed by atoms with Gasteiger partial charge in [0.15, 0.2) is 5.96 Å². The fourth-order valence-electron chi connectivity index (χ4n) is 8.41. The maximum atomic E-state index is 14.4. The maximum absolute atomic E-state index is 14.4. The van der Waals surface area contributed by atoms with Gasteiger partial charge < -0.3 is 70.8 Å². The first-order valence-electron chi connectivity index (χ1n) is 24.7. The number of thiol groups is 2. The van der Waals surface area contributed by atoms with Crippen LogP contribution in [0, 0.1) is 0 Å². The van der Waals surface area contributed by atoms with Crippen LogP contribution in [0.5, 0.6) is 0 Å².